The topological polar surface area (TPSA) is 66.5 Å². The number of hydrogen-bond acceptors (Lipinski definition) is 4. The van der Waals surface area contributed by atoms with Crippen LogP contribution in [0.25, 0.3) is 0 Å². The van der Waals surface area contributed by atoms with Crippen LogP contribution in [0.15, 0.2) is 41.0 Å². The van der Waals surface area contributed by atoms with E-state index in [1.54, 1.807) is 23.3 Å². The highest BCUT2D eigenvalue weighted by Gasteiger charge is 2.16. The number of amides is 1. The molecule has 0 aliphatic heterocycles. The molecule has 2 aromatic rings. The molecule has 0 saturated heterocycles. The molecule has 120 valence electrons. The second-order valence-electron chi connectivity index (χ2n) is 5.34. The molecule has 0 saturated carbocycles. The second kappa shape index (κ2) is 8.04. The molecular formula is C18H20N2O3. The molecule has 5 nitrogen and oxygen atoms in total. The fraction of sp³-hybridized carbons (Fsp3) is 0.333. The van der Waals surface area contributed by atoms with E-state index in [1.165, 1.54) is 5.56 Å². The van der Waals surface area contributed by atoms with Crippen molar-refractivity contribution in [2.24, 2.45) is 0 Å². The Bertz CT molecular complexity index is 687. The van der Waals surface area contributed by atoms with Crippen LogP contribution in [0.5, 0.6) is 5.75 Å². The molecule has 0 radical (unpaired) electrons. The van der Waals surface area contributed by atoms with Gasteiger partial charge in [0, 0.05) is 6.54 Å². The zero-order valence-electron chi connectivity index (χ0n) is 13.4. The minimum absolute atomic E-state index is 0.0609. The van der Waals surface area contributed by atoms with Gasteiger partial charge in [-0.2, -0.15) is 5.26 Å². The molecule has 0 aliphatic rings. The molecule has 0 aliphatic carbocycles. The van der Waals surface area contributed by atoms with E-state index in [-0.39, 0.29) is 18.9 Å². The number of carbonyl (C=O) groups is 1. The maximum absolute atomic E-state index is 12.4. The van der Waals surface area contributed by atoms with E-state index in [4.69, 9.17) is 14.4 Å². The lowest BCUT2D eigenvalue weighted by molar-refractivity contribution is -0.134. The number of aryl methyl sites for hydroxylation is 2. The molecule has 1 heterocycles. The first-order chi connectivity index (χ1) is 11.1. The quantitative estimate of drug-likeness (QED) is 0.787. The van der Waals surface area contributed by atoms with Crippen molar-refractivity contribution in [2.75, 3.05) is 13.2 Å². The predicted molar refractivity (Wildman–Crippen MR) is 85.8 cm³/mol. The summed E-state index contributed by atoms with van der Waals surface area (Å²) in [6, 6.07) is 11.4. The van der Waals surface area contributed by atoms with Crippen molar-refractivity contribution in [3.63, 3.8) is 0 Å². The Hall–Kier alpha value is -2.74. The van der Waals surface area contributed by atoms with Crippen LogP contribution >= 0.6 is 0 Å². The zero-order chi connectivity index (χ0) is 16.7. The molecule has 0 unspecified atom stereocenters. The average molecular weight is 312 g/mol. The van der Waals surface area contributed by atoms with E-state index >= 15 is 0 Å². The van der Waals surface area contributed by atoms with Gasteiger partial charge in [-0.25, -0.2) is 0 Å². The number of furan rings is 1. The maximum Gasteiger partial charge on any atom is 0.260 e. The number of hydrogen-bond donors (Lipinski definition) is 0. The van der Waals surface area contributed by atoms with Gasteiger partial charge in [-0.3, -0.25) is 4.79 Å². The van der Waals surface area contributed by atoms with Crippen molar-refractivity contribution in [3.05, 3.63) is 53.5 Å². The van der Waals surface area contributed by atoms with Crippen molar-refractivity contribution in [1.82, 2.24) is 4.90 Å². The van der Waals surface area contributed by atoms with Gasteiger partial charge in [0.1, 0.15) is 11.5 Å². The number of nitriles is 1. The summed E-state index contributed by atoms with van der Waals surface area (Å²) in [5.74, 6) is 1.18. The van der Waals surface area contributed by atoms with E-state index in [2.05, 4.69) is 6.07 Å². The lowest BCUT2D eigenvalue weighted by Crippen LogP contribution is -2.35. The molecule has 1 amide bonds. The highest BCUT2D eigenvalue weighted by molar-refractivity contribution is 5.77. The molecule has 0 atom stereocenters. The Kier molecular flexibility index (Phi) is 5.81. The maximum atomic E-state index is 12.4. The smallest absolute Gasteiger partial charge is 0.260 e. The Morgan fingerprint density at radius 2 is 2.13 bits per heavy atom. The van der Waals surface area contributed by atoms with Gasteiger partial charge in [0.15, 0.2) is 6.61 Å². The van der Waals surface area contributed by atoms with Crippen molar-refractivity contribution < 1.29 is 13.9 Å². The van der Waals surface area contributed by atoms with Gasteiger partial charge in [0.2, 0.25) is 0 Å². The molecule has 0 spiro atoms. The molecule has 0 N–H and O–H groups in total. The van der Waals surface area contributed by atoms with E-state index in [9.17, 15) is 4.79 Å². The first kappa shape index (κ1) is 16.6. The first-order valence-corrected chi connectivity index (χ1v) is 7.47. The van der Waals surface area contributed by atoms with Crippen LogP contribution in [0, 0.1) is 25.2 Å². The SMILES string of the molecule is Cc1ccc(OCC(=O)N(CCC#N)Cc2ccco2)cc1C. The van der Waals surface area contributed by atoms with Crippen LogP contribution < -0.4 is 4.74 Å². The largest absolute Gasteiger partial charge is 0.484 e. The van der Waals surface area contributed by atoms with Gasteiger partial charge >= 0.3 is 0 Å². The minimum Gasteiger partial charge on any atom is -0.484 e. The van der Waals surface area contributed by atoms with Gasteiger partial charge in [-0.1, -0.05) is 6.07 Å². The Labute approximate surface area is 136 Å². The predicted octanol–water partition coefficient (Wildman–Crippen LogP) is 3.22. The van der Waals surface area contributed by atoms with Crippen molar-refractivity contribution in [3.8, 4) is 11.8 Å². The highest BCUT2D eigenvalue weighted by atomic mass is 16.5. The summed E-state index contributed by atoms with van der Waals surface area (Å²) in [6.45, 7) is 4.65. The third-order valence-corrected chi connectivity index (χ3v) is 3.61. The number of carbonyl (C=O) groups excluding carboxylic acids is 1. The van der Waals surface area contributed by atoms with E-state index in [1.807, 2.05) is 32.0 Å². The molecule has 2 rings (SSSR count). The summed E-state index contributed by atoms with van der Waals surface area (Å²) < 4.78 is 10.8. The number of nitrogens with zero attached hydrogens (tertiary/aromatic N) is 2. The van der Waals surface area contributed by atoms with Gasteiger partial charge < -0.3 is 14.1 Å². The third kappa shape index (κ3) is 4.89. The number of benzene rings is 1. The lowest BCUT2D eigenvalue weighted by Gasteiger charge is -2.20. The van der Waals surface area contributed by atoms with Crippen LogP contribution in [0.1, 0.15) is 23.3 Å². The molecular weight excluding hydrogens is 292 g/mol. The molecule has 23 heavy (non-hydrogen) atoms. The van der Waals surface area contributed by atoms with Crippen molar-refractivity contribution in [1.29, 1.82) is 5.26 Å². The summed E-state index contributed by atoms with van der Waals surface area (Å²) in [7, 11) is 0. The standard InChI is InChI=1S/C18H20N2O3/c1-14-6-7-16(11-15(14)2)23-13-18(21)20(9-4-8-19)12-17-5-3-10-22-17/h3,5-7,10-11H,4,9,12-13H2,1-2H3. The van der Waals surface area contributed by atoms with E-state index in [0.717, 1.165) is 5.56 Å². The fourth-order valence-corrected chi connectivity index (χ4v) is 2.11. The number of rotatable bonds is 7. The highest BCUT2D eigenvalue weighted by Crippen LogP contribution is 2.16. The average Bonchev–Trinajstić information content (AvgIpc) is 3.05. The molecule has 1 aromatic carbocycles. The molecule has 0 bridgehead atoms. The van der Waals surface area contributed by atoms with Crippen molar-refractivity contribution >= 4 is 5.91 Å². The molecule has 5 heteroatoms. The van der Waals surface area contributed by atoms with Gasteiger partial charge in [-0.15, -0.1) is 0 Å². The monoisotopic (exact) mass is 312 g/mol. The van der Waals surface area contributed by atoms with E-state index < -0.39 is 0 Å². The summed E-state index contributed by atoms with van der Waals surface area (Å²) in [4.78, 5) is 13.9. The fourth-order valence-electron chi connectivity index (χ4n) is 2.11. The normalized spacial score (nSPS) is 10.1. The van der Waals surface area contributed by atoms with Crippen LogP contribution in [0.3, 0.4) is 0 Å². The zero-order valence-corrected chi connectivity index (χ0v) is 13.4. The lowest BCUT2D eigenvalue weighted by atomic mass is 10.1. The molecule has 1 aromatic heterocycles. The van der Waals surface area contributed by atoms with Crippen LogP contribution in [-0.2, 0) is 11.3 Å². The molecule has 0 fully saturated rings. The Balaban J connectivity index is 1.96. The van der Waals surface area contributed by atoms with Crippen LogP contribution in [-0.4, -0.2) is 24.0 Å². The minimum atomic E-state index is -0.171. The van der Waals surface area contributed by atoms with Gasteiger partial charge in [-0.05, 0) is 49.2 Å². The first-order valence-electron chi connectivity index (χ1n) is 7.47. The summed E-state index contributed by atoms with van der Waals surface area (Å²) in [5.41, 5.74) is 2.30. The summed E-state index contributed by atoms with van der Waals surface area (Å²) >= 11 is 0. The Morgan fingerprint density at radius 3 is 2.78 bits per heavy atom. The second-order valence-corrected chi connectivity index (χ2v) is 5.34. The van der Waals surface area contributed by atoms with Crippen LogP contribution in [0.4, 0.5) is 0 Å². The Morgan fingerprint density at radius 1 is 1.30 bits per heavy atom. The van der Waals surface area contributed by atoms with Crippen LogP contribution in [0.2, 0.25) is 0 Å². The third-order valence-electron chi connectivity index (χ3n) is 3.61. The van der Waals surface area contributed by atoms with Gasteiger partial charge in [0.25, 0.3) is 5.91 Å². The van der Waals surface area contributed by atoms with Gasteiger partial charge in [0.05, 0.1) is 25.3 Å². The number of ether oxygens (including phenoxy) is 1. The summed E-state index contributed by atoms with van der Waals surface area (Å²) in [6.07, 6.45) is 1.84. The summed E-state index contributed by atoms with van der Waals surface area (Å²) in [5, 5.41) is 8.74. The van der Waals surface area contributed by atoms with Crippen molar-refractivity contribution in [2.45, 2.75) is 26.8 Å². The van der Waals surface area contributed by atoms with E-state index in [0.29, 0.717) is 24.6 Å².